The molecule has 1 N–H and O–H groups in total. The van der Waals surface area contributed by atoms with Gasteiger partial charge >= 0.3 is 0 Å². The molecule has 100 valence electrons. The second-order valence-electron chi connectivity index (χ2n) is 5.79. The summed E-state index contributed by atoms with van der Waals surface area (Å²) < 4.78 is 13.7. The molecule has 0 saturated heterocycles. The average Bonchev–Trinajstić information content (AvgIpc) is 2.36. The molecule has 0 spiro atoms. The zero-order valence-electron chi connectivity index (χ0n) is 11.5. The van der Waals surface area contributed by atoms with Crippen molar-refractivity contribution in [3.05, 3.63) is 35.6 Å². The van der Waals surface area contributed by atoms with E-state index >= 15 is 0 Å². The van der Waals surface area contributed by atoms with Crippen molar-refractivity contribution in [3.63, 3.8) is 0 Å². The summed E-state index contributed by atoms with van der Waals surface area (Å²) in [5, 5.41) is 3.29. The van der Waals surface area contributed by atoms with Crippen LogP contribution in [0.5, 0.6) is 0 Å². The van der Waals surface area contributed by atoms with Crippen LogP contribution in [0.4, 0.5) is 4.39 Å². The van der Waals surface area contributed by atoms with E-state index in [-0.39, 0.29) is 5.82 Å². The number of halogens is 1. The predicted molar refractivity (Wildman–Crippen MR) is 74.0 cm³/mol. The molecule has 3 unspecified atom stereocenters. The lowest BCUT2D eigenvalue weighted by Gasteiger charge is -2.35. The lowest BCUT2D eigenvalue weighted by atomic mass is 9.72. The minimum atomic E-state index is -0.0427. The molecule has 0 amide bonds. The van der Waals surface area contributed by atoms with E-state index < -0.39 is 0 Å². The van der Waals surface area contributed by atoms with Gasteiger partial charge in [0.25, 0.3) is 0 Å². The highest BCUT2D eigenvalue weighted by molar-refractivity contribution is 5.18. The molecule has 1 aromatic rings. The molecule has 1 nitrogen and oxygen atoms in total. The molecule has 1 fully saturated rings. The maximum absolute atomic E-state index is 13.7. The number of nitrogens with one attached hydrogen (secondary N) is 1. The van der Waals surface area contributed by atoms with Crippen molar-refractivity contribution in [3.8, 4) is 0 Å². The Morgan fingerprint density at radius 1 is 1.22 bits per heavy atom. The predicted octanol–water partition coefficient (Wildman–Crippen LogP) is 3.64. The van der Waals surface area contributed by atoms with Gasteiger partial charge in [-0.2, -0.15) is 0 Å². The first kappa shape index (κ1) is 13.5. The highest BCUT2D eigenvalue weighted by Crippen LogP contribution is 2.35. The van der Waals surface area contributed by atoms with Gasteiger partial charge in [0.1, 0.15) is 5.82 Å². The summed E-state index contributed by atoms with van der Waals surface area (Å²) in [5.74, 6) is 2.07. The van der Waals surface area contributed by atoms with Crippen LogP contribution in [0.1, 0.15) is 31.7 Å². The highest BCUT2D eigenvalue weighted by Gasteiger charge is 2.28. The van der Waals surface area contributed by atoms with Crippen LogP contribution < -0.4 is 5.32 Å². The van der Waals surface area contributed by atoms with Crippen molar-refractivity contribution in [2.75, 3.05) is 13.6 Å². The SMILES string of the molecule is CNCC1CCC(C)CC1Cc1ccccc1F. The van der Waals surface area contributed by atoms with E-state index in [2.05, 4.69) is 12.2 Å². The van der Waals surface area contributed by atoms with Crippen LogP contribution in [-0.4, -0.2) is 13.6 Å². The molecule has 0 radical (unpaired) electrons. The van der Waals surface area contributed by atoms with Gasteiger partial charge in [-0.15, -0.1) is 0 Å². The molecular formula is C16H24FN. The standard InChI is InChI=1S/C16H24FN/c1-12-7-8-14(11-18-2)15(9-12)10-13-5-3-4-6-16(13)17/h3-6,12,14-15,18H,7-11H2,1-2H3. The second-order valence-corrected chi connectivity index (χ2v) is 5.79. The molecule has 0 heterocycles. The lowest BCUT2D eigenvalue weighted by molar-refractivity contribution is 0.185. The van der Waals surface area contributed by atoms with Crippen molar-refractivity contribution in [1.82, 2.24) is 5.32 Å². The maximum atomic E-state index is 13.7. The molecule has 2 heteroatoms. The molecule has 1 aliphatic rings. The maximum Gasteiger partial charge on any atom is 0.126 e. The van der Waals surface area contributed by atoms with Gasteiger partial charge in [-0.05, 0) is 62.2 Å². The normalized spacial score (nSPS) is 28.3. The van der Waals surface area contributed by atoms with Crippen LogP contribution in [0.25, 0.3) is 0 Å². The fourth-order valence-corrected chi connectivity index (χ4v) is 3.29. The van der Waals surface area contributed by atoms with Gasteiger partial charge in [-0.3, -0.25) is 0 Å². The molecular weight excluding hydrogens is 225 g/mol. The Hall–Kier alpha value is -0.890. The largest absolute Gasteiger partial charge is 0.319 e. The number of hydrogen-bond acceptors (Lipinski definition) is 1. The second kappa shape index (κ2) is 6.33. The third-order valence-corrected chi connectivity index (χ3v) is 4.31. The van der Waals surface area contributed by atoms with Gasteiger partial charge < -0.3 is 5.32 Å². The third kappa shape index (κ3) is 3.32. The van der Waals surface area contributed by atoms with Crippen LogP contribution in [-0.2, 0) is 6.42 Å². The van der Waals surface area contributed by atoms with Gasteiger partial charge in [-0.25, -0.2) is 4.39 Å². The monoisotopic (exact) mass is 249 g/mol. The van der Waals surface area contributed by atoms with Crippen molar-refractivity contribution < 1.29 is 4.39 Å². The Bertz CT molecular complexity index is 377. The molecule has 1 saturated carbocycles. The first-order chi connectivity index (χ1) is 8.70. The van der Waals surface area contributed by atoms with Gasteiger partial charge in [-0.1, -0.05) is 31.5 Å². The van der Waals surface area contributed by atoms with E-state index in [1.807, 2.05) is 19.2 Å². The smallest absolute Gasteiger partial charge is 0.126 e. The van der Waals surface area contributed by atoms with E-state index in [0.717, 1.165) is 24.4 Å². The zero-order valence-corrected chi connectivity index (χ0v) is 11.5. The molecule has 18 heavy (non-hydrogen) atoms. The molecule has 3 atom stereocenters. The zero-order chi connectivity index (χ0) is 13.0. The summed E-state index contributed by atoms with van der Waals surface area (Å²) in [6, 6.07) is 7.23. The minimum absolute atomic E-state index is 0.0427. The number of rotatable bonds is 4. The summed E-state index contributed by atoms with van der Waals surface area (Å²) >= 11 is 0. The molecule has 0 aromatic heterocycles. The van der Waals surface area contributed by atoms with E-state index in [1.165, 1.54) is 19.3 Å². The highest BCUT2D eigenvalue weighted by atomic mass is 19.1. The topological polar surface area (TPSA) is 12.0 Å². The molecule has 1 aliphatic carbocycles. The van der Waals surface area contributed by atoms with Crippen LogP contribution in [0, 0.1) is 23.6 Å². The number of benzene rings is 1. The summed E-state index contributed by atoms with van der Waals surface area (Å²) in [7, 11) is 2.01. The van der Waals surface area contributed by atoms with Gasteiger partial charge in [0.05, 0.1) is 0 Å². The Labute approximate surface area is 110 Å². The van der Waals surface area contributed by atoms with Crippen molar-refractivity contribution in [2.45, 2.75) is 32.6 Å². The van der Waals surface area contributed by atoms with Crippen molar-refractivity contribution >= 4 is 0 Å². The van der Waals surface area contributed by atoms with Crippen LogP contribution in [0.2, 0.25) is 0 Å². The van der Waals surface area contributed by atoms with E-state index in [0.29, 0.717) is 11.8 Å². The third-order valence-electron chi connectivity index (χ3n) is 4.31. The van der Waals surface area contributed by atoms with Crippen molar-refractivity contribution in [1.29, 1.82) is 0 Å². The molecule has 1 aromatic carbocycles. The fourth-order valence-electron chi connectivity index (χ4n) is 3.29. The number of hydrogen-bond donors (Lipinski definition) is 1. The first-order valence-electron chi connectivity index (χ1n) is 7.08. The van der Waals surface area contributed by atoms with Crippen LogP contribution in [0.15, 0.2) is 24.3 Å². The van der Waals surface area contributed by atoms with Crippen molar-refractivity contribution in [2.24, 2.45) is 17.8 Å². The van der Waals surface area contributed by atoms with Gasteiger partial charge in [0.2, 0.25) is 0 Å². The van der Waals surface area contributed by atoms with Gasteiger partial charge in [0, 0.05) is 0 Å². The first-order valence-corrected chi connectivity index (χ1v) is 7.08. The Morgan fingerprint density at radius 2 is 2.00 bits per heavy atom. The summed E-state index contributed by atoms with van der Waals surface area (Å²) in [4.78, 5) is 0. The summed E-state index contributed by atoms with van der Waals surface area (Å²) in [6.45, 7) is 3.38. The quantitative estimate of drug-likeness (QED) is 0.859. The Balaban J connectivity index is 2.06. The molecule has 0 aliphatic heterocycles. The van der Waals surface area contributed by atoms with E-state index in [4.69, 9.17) is 0 Å². The van der Waals surface area contributed by atoms with E-state index in [1.54, 1.807) is 12.1 Å². The molecule has 2 rings (SSSR count). The van der Waals surface area contributed by atoms with Crippen LogP contribution >= 0.6 is 0 Å². The van der Waals surface area contributed by atoms with E-state index in [9.17, 15) is 4.39 Å². The fraction of sp³-hybridized carbons (Fsp3) is 0.625. The summed E-state index contributed by atoms with van der Waals surface area (Å²) in [6.07, 6.45) is 4.73. The van der Waals surface area contributed by atoms with Gasteiger partial charge in [0.15, 0.2) is 0 Å². The lowest BCUT2D eigenvalue weighted by Crippen LogP contribution is -2.32. The molecule has 0 bridgehead atoms. The summed E-state index contributed by atoms with van der Waals surface area (Å²) in [5.41, 5.74) is 0.887. The van der Waals surface area contributed by atoms with Crippen LogP contribution in [0.3, 0.4) is 0 Å². The Kier molecular flexibility index (Phi) is 4.76. The Morgan fingerprint density at radius 3 is 2.72 bits per heavy atom. The average molecular weight is 249 g/mol. The minimum Gasteiger partial charge on any atom is -0.319 e.